The monoisotopic (exact) mass is 318 g/mol. The number of hydrogen-bond acceptors (Lipinski definition) is 2. The van der Waals surface area contributed by atoms with Crippen LogP contribution < -0.4 is 11.1 Å². The number of benzene rings is 1. The van der Waals surface area contributed by atoms with Crippen molar-refractivity contribution in [3.8, 4) is 0 Å². The first-order chi connectivity index (χ1) is 9.27. The summed E-state index contributed by atoms with van der Waals surface area (Å²) in [6.07, 6.45) is 0.828. The lowest BCUT2D eigenvalue weighted by molar-refractivity contribution is -0.808. The van der Waals surface area contributed by atoms with Gasteiger partial charge in [0.15, 0.2) is 0 Å². The molecule has 0 aliphatic rings. The van der Waals surface area contributed by atoms with E-state index >= 15 is 0 Å². The Balaban J connectivity index is 2.83. The summed E-state index contributed by atoms with van der Waals surface area (Å²) < 4.78 is 0.168. The van der Waals surface area contributed by atoms with Gasteiger partial charge in [-0.3, -0.25) is 0 Å². The normalized spacial score (nSPS) is 13.2. The summed E-state index contributed by atoms with van der Waals surface area (Å²) in [6.45, 7) is 1.47. The molecule has 0 aromatic heterocycles. The van der Waals surface area contributed by atoms with Crippen molar-refractivity contribution in [1.29, 1.82) is 0 Å². The Kier molecular flexibility index (Phi) is 6.27. The van der Waals surface area contributed by atoms with Crippen molar-refractivity contribution in [2.75, 3.05) is 34.2 Å². The lowest BCUT2D eigenvalue weighted by Gasteiger charge is -2.27. The molecular formula is C14H22Cl2N3O+. The topological polar surface area (TPSA) is 55.1 Å². The van der Waals surface area contributed by atoms with Gasteiger partial charge in [-0.05, 0) is 24.7 Å². The summed E-state index contributed by atoms with van der Waals surface area (Å²) >= 11 is 12.0. The molecule has 1 unspecified atom stereocenters. The van der Waals surface area contributed by atoms with Crippen LogP contribution >= 0.6 is 23.2 Å². The van der Waals surface area contributed by atoms with E-state index in [9.17, 15) is 4.79 Å². The summed E-state index contributed by atoms with van der Waals surface area (Å²) in [5.41, 5.74) is 6.50. The van der Waals surface area contributed by atoms with Gasteiger partial charge in [-0.2, -0.15) is 0 Å². The van der Waals surface area contributed by atoms with Gasteiger partial charge in [0.05, 0.1) is 30.7 Å². The maximum absolute atomic E-state index is 11.4. The highest BCUT2D eigenvalue weighted by Gasteiger charge is 2.25. The lowest BCUT2D eigenvalue weighted by atomic mass is 9.95. The number of halogens is 2. The van der Waals surface area contributed by atoms with Crippen LogP contribution in [0.4, 0.5) is 4.79 Å². The molecule has 0 aliphatic carbocycles. The van der Waals surface area contributed by atoms with Crippen LogP contribution in [0, 0.1) is 0 Å². The van der Waals surface area contributed by atoms with Crippen molar-refractivity contribution in [2.24, 2.45) is 5.73 Å². The van der Waals surface area contributed by atoms with Crippen LogP contribution in [0.1, 0.15) is 17.9 Å². The fraction of sp³-hybridized carbons (Fsp3) is 0.500. The first kappa shape index (κ1) is 17.2. The largest absolute Gasteiger partial charge is 0.413 e. The zero-order valence-corrected chi connectivity index (χ0v) is 13.6. The summed E-state index contributed by atoms with van der Waals surface area (Å²) in [7, 11) is 5.53. The molecule has 1 aromatic rings. The van der Waals surface area contributed by atoms with Gasteiger partial charge in [0.2, 0.25) is 0 Å². The number of carbonyl (C=O) groups excluding carboxylic acids is 1. The molecule has 0 bridgehead atoms. The predicted molar refractivity (Wildman–Crippen MR) is 84.3 cm³/mol. The van der Waals surface area contributed by atoms with E-state index in [0.717, 1.165) is 18.5 Å². The Morgan fingerprint density at radius 3 is 2.50 bits per heavy atom. The van der Waals surface area contributed by atoms with Gasteiger partial charge in [0.1, 0.15) is 0 Å². The van der Waals surface area contributed by atoms with E-state index < -0.39 is 0 Å². The van der Waals surface area contributed by atoms with Crippen molar-refractivity contribution in [3.63, 3.8) is 0 Å². The molecule has 4 nitrogen and oxygen atoms in total. The molecule has 0 radical (unpaired) electrons. The number of nitrogens with zero attached hydrogens (tertiary/aromatic N) is 1. The minimum absolute atomic E-state index is 0.168. The molecule has 2 amide bonds. The summed E-state index contributed by atoms with van der Waals surface area (Å²) in [4.78, 5) is 11.4. The van der Waals surface area contributed by atoms with Crippen LogP contribution in [0.25, 0.3) is 0 Å². The number of hydrogen-bond donors (Lipinski definition) is 2. The third-order valence-corrected chi connectivity index (χ3v) is 4.24. The van der Waals surface area contributed by atoms with Crippen molar-refractivity contribution in [2.45, 2.75) is 12.3 Å². The number of rotatable bonds is 6. The van der Waals surface area contributed by atoms with Gasteiger partial charge in [0, 0.05) is 18.9 Å². The summed E-state index contributed by atoms with van der Waals surface area (Å²) in [5, 5.41) is 4.26. The van der Waals surface area contributed by atoms with Crippen LogP contribution in [-0.4, -0.2) is 44.7 Å². The Morgan fingerprint density at radius 2 is 2.00 bits per heavy atom. The molecule has 112 valence electrons. The number of nitrogens with one attached hydrogen (secondary N) is 1. The Labute approximate surface area is 130 Å². The second-order valence-corrected chi connectivity index (χ2v) is 6.28. The number of quaternary nitrogens is 1. The molecule has 3 N–H and O–H groups in total. The Hall–Kier alpha value is -0.810. The Morgan fingerprint density at radius 1 is 1.35 bits per heavy atom. The zero-order chi connectivity index (χ0) is 15.3. The number of amides is 2. The standard InChI is InChI=1S/C14H21Cl2N3O/c1-18-9-11(6-7-19(2,3)14(17)20)10-4-5-12(15)13(16)8-10/h4-5,8,11,18H,6-7,9H2,1-3H3,(H-,17,20)/p+1. The van der Waals surface area contributed by atoms with Crippen molar-refractivity contribution in [3.05, 3.63) is 33.8 Å². The Bertz CT molecular complexity index is 477. The van der Waals surface area contributed by atoms with Crippen LogP contribution in [0.2, 0.25) is 10.0 Å². The average molecular weight is 319 g/mol. The fourth-order valence-electron chi connectivity index (χ4n) is 1.99. The van der Waals surface area contributed by atoms with Gasteiger partial charge in [0.25, 0.3) is 0 Å². The minimum Gasteiger partial charge on any atom is -0.319 e. The number of carbonyl (C=O) groups is 1. The van der Waals surface area contributed by atoms with Crippen LogP contribution in [-0.2, 0) is 0 Å². The first-order valence-corrected chi connectivity index (χ1v) is 7.26. The third-order valence-electron chi connectivity index (χ3n) is 3.50. The van der Waals surface area contributed by atoms with Crippen LogP contribution in [0.3, 0.4) is 0 Å². The predicted octanol–water partition coefficient (Wildman–Crippen LogP) is 2.84. The smallest absolute Gasteiger partial charge is 0.319 e. The number of urea groups is 1. The highest BCUT2D eigenvalue weighted by Crippen LogP contribution is 2.28. The molecule has 20 heavy (non-hydrogen) atoms. The highest BCUT2D eigenvalue weighted by atomic mass is 35.5. The van der Waals surface area contributed by atoms with E-state index in [1.165, 1.54) is 0 Å². The molecule has 1 rings (SSSR count). The molecule has 0 saturated heterocycles. The molecule has 1 atom stereocenters. The summed E-state index contributed by atoms with van der Waals surface area (Å²) in [5.74, 6) is 0.256. The van der Waals surface area contributed by atoms with Gasteiger partial charge in [-0.25, -0.2) is 9.28 Å². The molecule has 1 aromatic carbocycles. The van der Waals surface area contributed by atoms with Gasteiger partial charge in [-0.1, -0.05) is 29.3 Å². The summed E-state index contributed by atoms with van der Waals surface area (Å²) in [6, 6.07) is 5.33. The molecule has 6 heteroatoms. The van der Waals surface area contributed by atoms with Gasteiger partial charge in [-0.15, -0.1) is 0 Å². The van der Waals surface area contributed by atoms with Crippen LogP contribution in [0.5, 0.6) is 0 Å². The lowest BCUT2D eigenvalue weighted by Crippen LogP contribution is -2.50. The molecular weight excluding hydrogens is 297 g/mol. The van der Waals surface area contributed by atoms with Gasteiger partial charge >= 0.3 is 6.03 Å². The molecule has 0 spiro atoms. The van der Waals surface area contributed by atoms with E-state index in [4.69, 9.17) is 28.9 Å². The maximum atomic E-state index is 11.4. The van der Waals surface area contributed by atoms with Crippen LogP contribution in [0.15, 0.2) is 18.2 Å². The maximum Gasteiger partial charge on any atom is 0.413 e. The first-order valence-electron chi connectivity index (χ1n) is 6.50. The number of likely N-dealkylation sites (N-methyl/N-ethyl adjacent to an activating group) is 1. The molecule has 0 fully saturated rings. The number of primary amides is 1. The molecule has 0 aliphatic heterocycles. The van der Waals surface area contributed by atoms with Crippen molar-refractivity contribution < 1.29 is 9.28 Å². The van der Waals surface area contributed by atoms with Gasteiger partial charge < -0.3 is 11.1 Å². The molecule has 0 saturated carbocycles. The SMILES string of the molecule is CNCC(CC[N+](C)(C)C(N)=O)c1ccc(Cl)c(Cl)c1. The van der Waals surface area contributed by atoms with Crippen molar-refractivity contribution >= 4 is 29.2 Å². The van der Waals surface area contributed by atoms with E-state index in [0.29, 0.717) is 16.6 Å². The zero-order valence-electron chi connectivity index (χ0n) is 12.1. The van der Waals surface area contributed by atoms with E-state index in [1.807, 2.05) is 33.3 Å². The third kappa shape index (κ3) is 4.63. The minimum atomic E-state index is -0.331. The quantitative estimate of drug-likeness (QED) is 0.792. The second kappa shape index (κ2) is 7.27. The second-order valence-electron chi connectivity index (χ2n) is 5.46. The number of nitrogens with two attached hydrogens (primary N) is 1. The molecule has 0 heterocycles. The van der Waals surface area contributed by atoms with E-state index in [1.54, 1.807) is 6.07 Å². The van der Waals surface area contributed by atoms with E-state index in [-0.39, 0.29) is 16.4 Å². The van der Waals surface area contributed by atoms with Crippen molar-refractivity contribution in [1.82, 2.24) is 5.32 Å². The van der Waals surface area contributed by atoms with E-state index in [2.05, 4.69) is 5.32 Å². The fourth-order valence-corrected chi connectivity index (χ4v) is 2.29. The highest BCUT2D eigenvalue weighted by molar-refractivity contribution is 6.42. The average Bonchev–Trinajstić information content (AvgIpc) is 2.37.